The largest absolute Gasteiger partial charge is 0.336 e. The van der Waals surface area contributed by atoms with Crippen LogP contribution in [0.25, 0.3) is 0 Å². The maximum Gasteiger partial charge on any atom is 0.254 e. The zero-order valence-corrected chi connectivity index (χ0v) is 14.0. The molecule has 0 saturated heterocycles. The third kappa shape index (κ3) is 3.87. The highest BCUT2D eigenvalue weighted by Crippen LogP contribution is 2.25. The monoisotopic (exact) mass is 287 g/mol. The lowest BCUT2D eigenvalue weighted by atomic mass is 9.86. The Morgan fingerprint density at radius 2 is 1.67 bits per heavy atom. The van der Waals surface area contributed by atoms with Gasteiger partial charge in [-0.05, 0) is 42.9 Å². The van der Waals surface area contributed by atoms with Crippen LogP contribution in [0.15, 0.2) is 24.3 Å². The fourth-order valence-corrected chi connectivity index (χ4v) is 3.24. The molecule has 0 atom stereocenters. The smallest absolute Gasteiger partial charge is 0.254 e. The fourth-order valence-electron chi connectivity index (χ4n) is 3.24. The molecule has 1 aromatic rings. The summed E-state index contributed by atoms with van der Waals surface area (Å²) in [6, 6.07) is 8.63. The van der Waals surface area contributed by atoms with Crippen molar-refractivity contribution in [2.24, 2.45) is 0 Å². The number of carbonyl (C=O) groups is 1. The molecule has 2 rings (SSSR count). The first-order valence-corrected chi connectivity index (χ1v) is 8.35. The van der Waals surface area contributed by atoms with Gasteiger partial charge >= 0.3 is 0 Å². The molecule has 0 radical (unpaired) electrons. The molecule has 116 valence electrons. The number of rotatable bonds is 3. The average molecular weight is 287 g/mol. The highest BCUT2D eigenvalue weighted by molar-refractivity contribution is 5.94. The molecule has 1 fully saturated rings. The lowest BCUT2D eigenvalue weighted by molar-refractivity contribution is 0.0648. The Morgan fingerprint density at radius 1 is 1.10 bits per heavy atom. The van der Waals surface area contributed by atoms with Crippen molar-refractivity contribution in [3.05, 3.63) is 35.4 Å². The second-order valence-electron chi connectivity index (χ2n) is 7.21. The number of hydrogen-bond acceptors (Lipinski definition) is 1. The van der Waals surface area contributed by atoms with Crippen molar-refractivity contribution in [2.45, 2.75) is 71.3 Å². The molecule has 1 aliphatic rings. The molecule has 1 aliphatic carbocycles. The Hall–Kier alpha value is -1.31. The lowest BCUT2D eigenvalue weighted by Crippen LogP contribution is -2.41. The molecule has 0 unspecified atom stereocenters. The van der Waals surface area contributed by atoms with Crippen molar-refractivity contribution in [1.29, 1.82) is 0 Å². The summed E-state index contributed by atoms with van der Waals surface area (Å²) in [5.74, 6) is 0.199. The van der Waals surface area contributed by atoms with Crippen LogP contribution in [0.1, 0.15) is 75.7 Å². The predicted molar refractivity (Wildman–Crippen MR) is 88.7 cm³/mol. The quantitative estimate of drug-likeness (QED) is 0.783. The number of nitrogens with zero attached hydrogens (tertiary/aromatic N) is 1. The van der Waals surface area contributed by atoms with Crippen LogP contribution >= 0.6 is 0 Å². The molecule has 2 heteroatoms. The number of benzene rings is 1. The summed E-state index contributed by atoms with van der Waals surface area (Å²) >= 11 is 0. The third-order valence-corrected chi connectivity index (χ3v) is 4.61. The second kappa shape index (κ2) is 6.64. The van der Waals surface area contributed by atoms with Gasteiger partial charge < -0.3 is 4.90 Å². The maximum absolute atomic E-state index is 12.8. The van der Waals surface area contributed by atoms with Crippen molar-refractivity contribution >= 4 is 5.91 Å². The molecule has 0 N–H and O–H groups in total. The molecule has 0 bridgehead atoms. The fraction of sp³-hybridized carbons (Fsp3) is 0.632. The lowest BCUT2D eigenvalue weighted by Gasteiger charge is -2.33. The summed E-state index contributed by atoms with van der Waals surface area (Å²) in [7, 11) is 0. The van der Waals surface area contributed by atoms with Gasteiger partial charge in [-0.2, -0.15) is 0 Å². The summed E-state index contributed by atoms with van der Waals surface area (Å²) < 4.78 is 0. The van der Waals surface area contributed by atoms with E-state index in [4.69, 9.17) is 0 Å². The molecule has 0 aliphatic heterocycles. The van der Waals surface area contributed by atoms with E-state index in [1.165, 1.54) is 37.7 Å². The van der Waals surface area contributed by atoms with Gasteiger partial charge in [0.05, 0.1) is 0 Å². The van der Waals surface area contributed by atoms with Crippen molar-refractivity contribution < 1.29 is 4.79 Å². The molecule has 0 heterocycles. The minimum Gasteiger partial charge on any atom is -0.336 e. The van der Waals surface area contributed by atoms with E-state index >= 15 is 0 Å². The Morgan fingerprint density at radius 3 is 2.14 bits per heavy atom. The van der Waals surface area contributed by atoms with Gasteiger partial charge in [-0.25, -0.2) is 0 Å². The van der Waals surface area contributed by atoms with E-state index in [1.54, 1.807) is 0 Å². The van der Waals surface area contributed by atoms with Crippen molar-refractivity contribution in [1.82, 2.24) is 4.90 Å². The van der Waals surface area contributed by atoms with E-state index < -0.39 is 0 Å². The minimum absolute atomic E-state index is 0.134. The molecule has 1 saturated carbocycles. The molecule has 2 nitrogen and oxygen atoms in total. The Labute approximate surface area is 129 Å². The topological polar surface area (TPSA) is 20.3 Å². The molecule has 0 spiro atoms. The van der Waals surface area contributed by atoms with Crippen LogP contribution in [-0.4, -0.2) is 23.4 Å². The number of carbonyl (C=O) groups excluding carboxylic acids is 1. The first kappa shape index (κ1) is 16.1. The van der Waals surface area contributed by atoms with E-state index in [0.717, 1.165) is 12.1 Å². The van der Waals surface area contributed by atoms with Gasteiger partial charge in [-0.3, -0.25) is 4.79 Å². The molecule has 1 amide bonds. The highest BCUT2D eigenvalue weighted by Gasteiger charge is 2.25. The van der Waals surface area contributed by atoms with Crippen molar-refractivity contribution in [3.8, 4) is 0 Å². The summed E-state index contributed by atoms with van der Waals surface area (Å²) in [5, 5.41) is 0. The minimum atomic E-state index is 0.134. The van der Waals surface area contributed by atoms with Crippen LogP contribution in [0, 0.1) is 0 Å². The van der Waals surface area contributed by atoms with Crippen molar-refractivity contribution in [2.75, 3.05) is 6.54 Å². The Bertz CT molecular complexity index is 463. The molecular formula is C19H29NO. The standard InChI is InChI=1S/C19H29NO/c1-5-20(17-9-7-6-8-10-17)18(21)15-11-13-16(14-12-15)19(2,3)4/h11-14,17H,5-10H2,1-4H3. The van der Waals surface area contributed by atoms with Crippen LogP contribution in [0.2, 0.25) is 0 Å². The van der Waals surface area contributed by atoms with Crippen LogP contribution in [0.3, 0.4) is 0 Å². The van der Waals surface area contributed by atoms with Crippen LogP contribution in [-0.2, 0) is 5.41 Å². The maximum atomic E-state index is 12.8. The number of amides is 1. The van der Waals surface area contributed by atoms with Crippen LogP contribution in [0.5, 0.6) is 0 Å². The Balaban J connectivity index is 2.13. The summed E-state index contributed by atoms with van der Waals surface area (Å²) in [4.78, 5) is 14.8. The van der Waals surface area contributed by atoms with E-state index in [0.29, 0.717) is 6.04 Å². The van der Waals surface area contributed by atoms with E-state index in [9.17, 15) is 4.79 Å². The molecule has 21 heavy (non-hydrogen) atoms. The zero-order valence-electron chi connectivity index (χ0n) is 14.0. The van der Waals surface area contributed by atoms with Gasteiger partial charge in [0, 0.05) is 18.2 Å². The van der Waals surface area contributed by atoms with E-state index in [2.05, 4.69) is 44.7 Å². The first-order chi connectivity index (χ1) is 9.93. The van der Waals surface area contributed by atoms with E-state index in [-0.39, 0.29) is 11.3 Å². The van der Waals surface area contributed by atoms with Gasteiger partial charge in [-0.1, -0.05) is 52.2 Å². The molecule has 0 aromatic heterocycles. The molecule has 1 aromatic carbocycles. The first-order valence-electron chi connectivity index (χ1n) is 8.35. The summed E-state index contributed by atoms with van der Waals surface area (Å²) in [5.41, 5.74) is 2.24. The van der Waals surface area contributed by atoms with Gasteiger partial charge in [-0.15, -0.1) is 0 Å². The van der Waals surface area contributed by atoms with Gasteiger partial charge in [0.2, 0.25) is 0 Å². The zero-order chi connectivity index (χ0) is 15.5. The third-order valence-electron chi connectivity index (χ3n) is 4.61. The summed E-state index contributed by atoms with van der Waals surface area (Å²) in [6.45, 7) is 9.50. The van der Waals surface area contributed by atoms with Crippen LogP contribution in [0.4, 0.5) is 0 Å². The van der Waals surface area contributed by atoms with Gasteiger partial charge in [0.25, 0.3) is 5.91 Å². The normalized spacial score (nSPS) is 16.8. The van der Waals surface area contributed by atoms with Crippen molar-refractivity contribution in [3.63, 3.8) is 0 Å². The SMILES string of the molecule is CCN(C(=O)c1ccc(C(C)(C)C)cc1)C1CCCCC1. The van der Waals surface area contributed by atoms with Crippen LogP contribution < -0.4 is 0 Å². The Kier molecular flexibility index (Phi) is 5.08. The van der Waals surface area contributed by atoms with E-state index in [1.807, 2.05) is 12.1 Å². The second-order valence-corrected chi connectivity index (χ2v) is 7.21. The van der Waals surface area contributed by atoms with Gasteiger partial charge in [0.1, 0.15) is 0 Å². The predicted octanol–water partition coefficient (Wildman–Crippen LogP) is 4.78. The summed E-state index contributed by atoms with van der Waals surface area (Å²) in [6.07, 6.45) is 6.18. The highest BCUT2D eigenvalue weighted by atomic mass is 16.2. The van der Waals surface area contributed by atoms with Gasteiger partial charge in [0.15, 0.2) is 0 Å². The average Bonchev–Trinajstić information content (AvgIpc) is 2.48. The number of hydrogen-bond donors (Lipinski definition) is 0. The molecular weight excluding hydrogens is 258 g/mol.